The molecule has 0 fully saturated rings. The first-order chi connectivity index (χ1) is 14.1. The van der Waals surface area contributed by atoms with E-state index in [-0.39, 0.29) is 12.5 Å². The smallest absolute Gasteiger partial charge is 0.356 e. The number of hydrogen-bond acceptors (Lipinski definition) is 2. The van der Waals surface area contributed by atoms with Crippen LogP contribution in [0.1, 0.15) is 11.1 Å². The van der Waals surface area contributed by atoms with E-state index in [1.807, 2.05) is 0 Å². The molecule has 0 atom stereocenters. The maximum Gasteiger partial charge on any atom is 0.416 e. The van der Waals surface area contributed by atoms with Crippen LogP contribution in [0, 0.1) is 17.5 Å². The van der Waals surface area contributed by atoms with Crippen molar-refractivity contribution in [2.24, 2.45) is 4.99 Å². The van der Waals surface area contributed by atoms with E-state index in [1.165, 1.54) is 19.2 Å². The number of hydrogen-bond donors (Lipinski definition) is 3. The summed E-state index contributed by atoms with van der Waals surface area (Å²) in [5, 5.41) is 7.60. The Morgan fingerprint density at radius 1 is 0.967 bits per heavy atom. The summed E-state index contributed by atoms with van der Waals surface area (Å²) in [6.07, 6.45) is -4.00. The number of nitrogens with zero attached hydrogens (tertiary/aromatic N) is 1. The highest BCUT2D eigenvalue weighted by Gasteiger charge is 2.29. The van der Waals surface area contributed by atoms with Crippen LogP contribution in [0.2, 0.25) is 0 Å². The summed E-state index contributed by atoms with van der Waals surface area (Å²) < 4.78 is 77.3. The summed E-state index contributed by atoms with van der Waals surface area (Å²) in [6.45, 7) is -0.0388. The lowest BCUT2D eigenvalue weighted by atomic mass is 10.1. The largest absolute Gasteiger partial charge is 0.416 e. The van der Waals surface area contributed by atoms with Gasteiger partial charge in [-0.2, -0.15) is 13.2 Å². The number of rotatable bonds is 6. The molecule has 0 heterocycles. The molecule has 3 N–H and O–H groups in total. The fourth-order valence-electron chi connectivity index (χ4n) is 2.39. The van der Waals surface area contributed by atoms with Crippen molar-refractivity contribution >= 4 is 17.6 Å². The minimum absolute atomic E-state index is 0.211. The molecule has 5 nitrogen and oxygen atoms in total. The van der Waals surface area contributed by atoms with Crippen molar-refractivity contribution in [3.63, 3.8) is 0 Å². The van der Waals surface area contributed by atoms with E-state index in [4.69, 9.17) is 0 Å². The minimum atomic E-state index is -4.40. The third-order valence-electron chi connectivity index (χ3n) is 3.94. The molecular weight excluding hydrogens is 414 g/mol. The minimum Gasteiger partial charge on any atom is -0.356 e. The molecule has 2 rings (SSSR count). The lowest BCUT2D eigenvalue weighted by Gasteiger charge is -2.13. The van der Waals surface area contributed by atoms with Crippen LogP contribution in [0.15, 0.2) is 41.4 Å². The Balaban J connectivity index is 1.79. The number of carbonyl (C=O) groups is 1. The normalized spacial score (nSPS) is 11.9. The summed E-state index contributed by atoms with van der Waals surface area (Å²) in [5.41, 5.74) is -0.580. The summed E-state index contributed by atoms with van der Waals surface area (Å²) in [6, 6.07) is 6.29. The van der Waals surface area contributed by atoms with Crippen LogP contribution < -0.4 is 16.0 Å². The van der Waals surface area contributed by atoms with Crippen LogP contribution in [0.4, 0.5) is 32.0 Å². The molecule has 0 saturated carbocycles. The van der Waals surface area contributed by atoms with Gasteiger partial charge in [0.05, 0.1) is 17.8 Å². The second-order valence-corrected chi connectivity index (χ2v) is 6.07. The quantitative estimate of drug-likeness (QED) is 0.284. The van der Waals surface area contributed by atoms with Gasteiger partial charge in [0, 0.05) is 13.6 Å². The van der Waals surface area contributed by atoms with Gasteiger partial charge in [-0.05, 0) is 36.2 Å². The summed E-state index contributed by atoms with van der Waals surface area (Å²) >= 11 is 0. The van der Waals surface area contributed by atoms with Crippen LogP contribution >= 0.6 is 0 Å². The van der Waals surface area contributed by atoms with E-state index in [2.05, 4.69) is 20.9 Å². The molecule has 1 amide bonds. The van der Waals surface area contributed by atoms with Gasteiger partial charge in [-0.3, -0.25) is 9.79 Å². The van der Waals surface area contributed by atoms with Crippen LogP contribution in [0.25, 0.3) is 0 Å². The number of guanidine groups is 1. The lowest BCUT2D eigenvalue weighted by molar-refractivity contribution is -0.137. The van der Waals surface area contributed by atoms with Crippen LogP contribution in [0.3, 0.4) is 0 Å². The number of aliphatic imine (C=N–C) groups is 1. The zero-order chi connectivity index (χ0) is 22.3. The van der Waals surface area contributed by atoms with Crippen LogP contribution in [-0.4, -0.2) is 32.0 Å². The molecule has 0 radical (unpaired) electrons. The third-order valence-corrected chi connectivity index (χ3v) is 3.94. The molecule has 0 aliphatic carbocycles. The SMILES string of the molecule is CN=C(NCCc1ccc(C(F)(F)F)cc1)NCC(=O)Nc1ccc(F)c(F)c1F. The number of carbonyl (C=O) groups excluding carboxylic acids is 1. The van der Waals surface area contributed by atoms with Crippen molar-refractivity contribution < 1.29 is 31.1 Å². The Hall–Kier alpha value is -3.24. The van der Waals surface area contributed by atoms with Crippen molar-refractivity contribution in [2.75, 3.05) is 25.5 Å². The Kier molecular flexibility index (Phi) is 7.67. The number of anilines is 1. The highest BCUT2D eigenvalue weighted by atomic mass is 19.4. The van der Waals surface area contributed by atoms with E-state index in [1.54, 1.807) is 0 Å². The molecule has 11 heteroatoms. The Labute approximate surface area is 168 Å². The van der Waals surface area contributed by atoms with E-state index >= 15 is 0 Å². The second kappa shape index (κ2) is 9.99. The highest BCUT2D eigenvalue weighted by Crippen LogP contribution is 2.29. The van der Waals surface area contributed by atoms with Gasteiger partial charge in [0.15, 0.2) is 23.4 Å². The average Bonchev–Trinajstić information content (AvgIpc) is 2.70. The first-order valence-corrected chi connectivity index (χ1v) is 8.66. The molecule has 0 spiro atoms. The predicted octanol–water partition coefficient (Wildman–Crippen LogP) is 3.47. The van der Waals surface area contributed by atoms with Crippen molar-refractivity contribution in [2.45, 2.75) is 12.6 Å². The maximum atomic E-state index is 13.6. The molecule has 2 aromatic carbocycles. The zero-order valence-electron chi connectivity index (χ0n) is 15.7. The fourth-order valence-corrected chi connectivity index (χ4v) is 2.39. The monoisotopic (exact) mass is 432 g/mol. The standard InChI is InChI=1S/C19H18F6N4O/c1-26-18(27-9-8-11-2-4-12(5-3-11)19(23,24)25)28-10-15(30)29-14-7-6-13(20)16(21)17(14)22/h2-7H,8-10H2,1H3,(H,29,30)(H2,26,27,28). The van der Waals surface area contributed by atoms with Gasteiger partial charge >= 0.3 is 6.18 Å². The number of nitrogens with one attached hydrogen (secondary N) is 3. The van der Waals surface area contributed by atoms with Gasteiger partial charge < -0.3 is 16.0 Å². The van der Waals surface area contributed by atoms with Gasteiger partial charge in [-0.25, -0.2) is 13.2 Å². The van der Waals surface area contributed by atoms with E-state index < -0.39 is 40.8 Å². The first-order valence-electron chi connectivity index (χ1n) is 8.66. The van der Waals surface area contributed by atoms with Gasteiger partial charge in [0.1, 0.15) is 0 Å². The molecule has 162 valence electrons. The number of benzene rings is 2. The van der Waals surface area contributed by atoms with Gasteiger partial charge in [0.2, 0.25) is 5.91 Å². The molecule has 0 aliphatic heterocycles. The summed E-state index contributed by atoms with van der Waals surface area (Å²) in [4.78, 5) is 15.7. The number of halogens is 6. The van der Waals surface area contributed by atoms with Gasteiger partial charge in [0.25, 0.3) is 0 Å². The summed E-state index contributed by atoms with van der Waals surface area (Å²) in [5.74, 6) is -5.10. The molecule has 30 heavy (non-hydrogen) atoms. The molecule has 0 saturated heterocycles. The van der Waals surface area contributed by atoms with Gasteiger partial charge in [-0.1, -0.05) is 12.1 Å². The average molecular weight is 432 g/mol. The molecule has 0 unspecified atom stereocenters. The Morgan fingerprint density at radius 2 is 1.63 bits per heavy atom. The van der Waals surface area contributed by atoms with E-state index in [9.17, 15) is 31.1 Å². The van der Waals surface area contributed by atoms with Crippen molar-refractivity contribution in [1.29, 1.82) is 0 Å². The molecular formula is C19H18F6N4O. The molecule has 0 bridgehead atoms. The maximum absolute atomic E-state index is 13.6. The Morgan fingerprint density at radius 3 is 2.23 bits per heavy atom. The zero-order valence-corrected chi connectivity index (χ0v) is 15.7. The predicted molar refractivity (Wildman–Crippen MR) is 99.5 cm³/mol. The highest BCUT2D eigenvalue weighted by molar-refractivity contribution is 5.95. The summed E-state index contributed by atoms with van der Waals surface area (Å²) in [7, 11) is 1.43. The van der Waals surface area contributed by atoms with Crippen LogP contribution in [0.5, 0.6) is 0 Å². The van der Waals surface area contributed by atoms with Crippen molar-refractivity contribution in [1.82, 2.24) is 10.6 Å². The fraction of sp³-hybridized carbons (Fsp3) is 0.263. The van der Waals surface area contributed by atoms with Crippen LogP contribution in [-0.2, 0) is 17.4 Å². The topological polar surface area (TPSA) is 65.5 Å². The lowest BCUT2D eigenvalue weighted by Crippen LogP contribution is -2.42. The molecule has 0 aromatic heterocycles. The second-order valence-electron chi connectivity index (χ2n) is 6.07. The third kappa shape index (κ3) is 6.39. The first kappa shape index (κ1) is 23.0. The molecule has 2 aromatic rings. The van der Waals surface area contributed by atoms with Crippen molar-refractivity contribution in [3.8, 4) is 0 Å². The van der Waals surface area contributed by atoms with E-state index in [0.717, 1.165) is 18.2 Å². The number of amides is 1. The molecule has 0 aliphatic rings. The van der Waals surface area contributed by atoms with Crippen molar-refractivity contribution in [3.05, 3.63) is 65.0 Å². The van der Waals surface area contributed by atoms with Gasteiger partial charge in [-0.15, -0.1) is 0 Å². The number of alkyl halides is 3. The Bertz CT molecular complexity index is 912. The van der Waals surface area contributed by atoms with E-state index in [0.29, 0.717) is 24.6 Å².